The Hall–Kier alpha value is -3.42. The first kappa shape index (κ1) is 30.5. The fraction of sp³-hybridized carbons (Fsp3) is 0.643. The number of carbonyl (C=O) groups is 3. The minimum Gasteiger partial charge on any atom is -0.463 e. The summed E-state index contributed by atoms with van der Waals surface area (Å²) in [4.78, 5) is 45.5. The summed E-state index contributed by atoms with van der Waals surface area (Å²) in [7, 11) is 0. The van der Waals surface area contributed by atoms with E-state index in [1.807, 2.05) is 0 Å². The van der Waals surface area contributed by atoms with Crippen molar-refractivity contribution in [2.24, 2.45) is 22.6 Å². The van der Waals surface area contributed by atoms with Gasteiger partial charge >= 0.3 is 11.9 Å². The lowest BCUT2D eigenvalue weighted by atomic mass is 9.87. The minimum atomic E-state index is -1.59. The first-order chi connectivity index (χ1) is 19.6. The van der Waals surface area contributed by atoms with E-state index in [4.69, 9.17) is 19.9 Å². The molecule has 224 valence electrons. The van der Waals surface area contributed by atoms with Gasteiger partial charge in [-0.15, -0.1) is 0 Å². The van der Waals surface area contributed by atoms with Gasteiger partial charge in [0.1, 0.15) is 36.7 Å². The Bertz CT molecular complexity index is 1260. The van der Waals surface area contributed by atoms with Crippen LogP contribution in [0.15, 0.2) is 23.5 Å². The molecule has 0 spiro atoms. The predicted molar refractivity (Wildman–Crippen MR) is 149 cm³/mol. The summed E-state index contributed by atoms with van der Waals surface area (Å²) in [6, 6.07) is 2.38. The number of ether oxygens (including phenoxy) is 3. The zero-order valence-corrected chi connectivity index (χ0v) is 23.8. The number of aromatic nitrogens is 3. The Morgan fingerprint density at radius 1 is 1.29 bits per heavy atom. The average Bonchev–Trinajstić information content (AvgIpc) is 3.48. The molecule has 4 N–H and O–H groups in total. The Balaban J connectivity index is 1.65. The van der Waals surface area contributed by atoms with Gasteiger partial charge in [-0.2, -0.15) is 5.10 Å². The average molecular weight is 573 g/mol. The van der Waals surface area contributed by atoms with Gasteiger partial charge in [-0.3, -0.25) is 19.4 Å². The summed E-state index contributed by atoms with van der Waals surface area (Å²) in [6.07, 6.45) is 3.15. The molecule has 2 aromatic rings. The number of aliphatic hydroxyl groups is 1. The normalized spacial score (nSPS) is 25.7. The second-order valence-corrected chi connectivity index (χ2v) is 11.2. The maximum atomic E-state index is 12.9. The van der Waals surface area contributed by atoms with Gasteiger partial charge in [0.2, 0.25) is 5.91 Å². The molecule has 0 radical (unpaired) electrons. The Labute approximate surface area is 238 Å². The highest BCUT2D eigenvalue weighted by atomic mass is 16.6. The molecule has 1 amide bonds. The van der Waals surface area contributed by atoms with E-state index >= 15 is 0 Å². The third-order valence-corrected chi connectivity index (χ3v) is 7.88. The van der Waals surface area contributed by atoms with Crippen molar-refractivity contribution >= 4 is 35.9 Å². The lowest BCUT2D eigenvalue weighted by Crippen LogP contribution is -2.48. The monoisotopic (exact) mass is 572 g/mol. The van der Waals surface area contributed by atoms with Gasteiger partial charge < -0.3 is 30.4 Å². The molecule has 41 heavy (non-hydrogen) atoms. The van der Waals surface area contributed by atoms with E-state index in [0.717, 1.165) is 25.7 Å². The summed E-state index contributed by atoms with van der Waals surface area (Å²) < 4.78 is 19.2. The number of hydrogen-bond donors (Lipinski definition) is 3. The quantitative estimate of drug-likeness (QED) is 0.265. The van der Waals surface area contributed by atoms with Crippen molar-refractivity contribution in [2.45, 2.75) is 89.3 Å². The number of aliphatic hydroxyl groups excluding tert-OH is 1. The van der Waals surface area contributed by atoms with Gasteiger partial charge in [-0.05, 0) is 43.5 Å². The zero-order chi connectivity index (χ0) is 29.7. The third kappa shape index (κ3) is 6.57. The number of carbonyl (C=O) groups excluding carboxylic acids is 3. The van der Waals surface area contributed by atoms with Crippen LogP contribution in [0.1, 0.15) is 65.0 Å². The number of nitrogens with two attached hydrogens (primary N) is 1. The number of hydrogen-bond acceptors (Lipinski definition) is 11. The SMILES string of the molecule is C=NC[C@@]1(c2ccc3c(NC(C)=O)ncnn23)O[C@H](COC(=O)CC2CCCCC2)[C@@H](OC(=O)[C@@H](N)C(C)C)[C@H]1O. The summed E-state index contributed by atoms with van der Waals surface area (Å²) in [5.41, 5.74) is 5.24. The van der Waals surface area contributed by atoms with Crippen molar-refractivity contribution in [1.29, 1.82) is 0 Å². The first-order valence-electron chi connectivity index (χ1n) is 14.1. The summed E-state index contributed by atoms with van der Waals surface area (Å²) in [5.74, 6) is -1.10. The van der Waals surface area contributed by atoms with E-state index in [-0.39, 0.29) is 42.7 Å². The number of nitrogens with zero attached hydrogens (tertiary/aromatic N) is 4. The molecule has 3 heterocycles. The van der Waals surface area contributed by atoms with Crippen LogP contribution in [0.3, 0.4) is 0 Å². The number of fused-ring (bicyclic) bond motifs is 1. The van der Waals surface area contributed by atoms with E-state index in [1.54, 1.807) is 26.0 Å². The molecule has 2 fully saturated rings. The van der Waals surface area contributed by atoms with Crippen LogP contribution in [0.4, 0.5) is 5.82 Å². The molecular formula is C28H40N6O7. The molecule has 2 aliphatic rings. The topological polar surface area (TPSA) is 180 Å². The Kier molecular flexibility index (Phi) is 9.72. The molecule has 1 aliphatic carbocycles. The molecule has 1 saturated carbocycles. The van der Waals surface area contributed by atoms with E-state index in [0.29, 0.717) is 17.6 Å². The van der Waals surface area contributed by atoms with Crippen molar-refractivity contribution in [3.8, 4) is 0 Å². The number of nitrogens with one attached hydrogen (secondary N) is 1. The van der Waals surface area contributed by atoms with Crippen LogP contribution in [-0.2, 0) is 34.2 Å². The molecule has 5 atom stereocenters. The largest absolute Gasteiger partial charge is 0.463 e. The Morgan fingerprint density at radius 2 is 2.02 bits per heavy atom. The lowest BCUT2D eigenvalue weighted by Gasteiger charge is -2.30. The van der Waals surface area contributed by atoms with Crippen LogP contribution in [-0.4, -0.2) is 81.8 Å². The summed E-state index contributed by atoms with van der Waals surface area (Å²) >= 11 is 0. The number of amides is 1. The maximum Gasteiger partial charge on any atom is 0.323 e. The second-order valence-electron chi connectivity index (χ2n) is 11.2. The highest BCUT2D eigenvalue weighted by Gasteiger charge is 2.59. The molecule has 4 rings (SSSR count). The van der Waals surface area contributed by atoms with E-state index in [2.05, 4.69) is 27.1 Å². The third-order valence-electron chi connectivity index (χ3n) is 7.88. The smallest absolute Gasteiger partial charge is 0.323 e. The molecular weight excluding hydrogens is 532 g/mol. The number of aliphatic imine (C=N–C) groups is 1. The highest BCUT2D eigenvalue weighted by Crippen LogP contribution is 2.43. The number of rotatable bonds is 11. The van der Waals surface area contributed by atoms with Crippen LogP contribution < -0.4 is 11.1 Å². The molecule has 0 unspecified atom stereocenters. The van der Waals surface area contributed by atoms with Gasteiger partial charge in [-0.1, -0.05) is 33.1 Å². The molecule has 13 heteroatoms. The molecule has 2 aromatic heterocycles. The van der Waals surface area contributed by atoms with E-state index in [9.17, 15) is 19.5 Å². The van der Waals surface area contributed by atoms with Crippen molar-refractivity contribution in [2.75, 3.05) is 18.5 Å². The lowest BCUT2D eigenvalue weighted by molar-refractivity contribution is -0.162. The maximum absolute atomic E-state index is 12.9. The molecule has 1 saturated heterocycles. The van der Waals surface area contributed by atoms with Gasteiger partial charge in [0.15, 0.2) is 17.5 Å². The van der Waals surface area contributed by atoms with Gasteiger partial charge in [-0.25, -0.2) is 9.50 Å². The van der Waals surface area contributed by atoms with E-state index < -0.39 is 35.9 Å². The van der Waals surface area contributed by atoms with Crippen LogP contribution in [0.25, 0.3) is 5.52 Å². The fourth-order valence-corrected chi connectivity index (χ4v) is 5.60. The van der Waals surface area contributed by atoms with Crippen LogP contribution in [0, 0.1) is 11.8 Å². The predicted octanol–water partition coefficient (Wildman–Crippen LogP) is 1.75. The first-order valence-corrected chi connectivity index (χ1v) is 14.1. The van der Waals surface area contributed by atoms with Gasteiger partial charge in [0.25, 0.3) is 0 Å². The molecule has 13 nitrogen and oxygen atoms in total. The fourth-order valence-electron chi connectivity index (χ4n) is 5.60. The van der Waals surface area contributed by atoms with Gasteiger partial charge in [0.05, 0.1) is 12.2 Å². The van der Waals surface area contributed by atoms with Crippen LogP contribution >= 0.6 is 0 Å². The zero-order valence-electron chi connectivity index (χ0n) is 23.8. The highest BCUT2D eigenvalue weighted by molar-refractivity contribution is 5.91. The summed E-state index contributed by atoms with van der Waals surface area (Å²) in [6.45, 7) is 8.12. The molecule has 1 aliphatic heterocycles. The molecule has 0 bridgehead atoms. The summed E-state index contributed by atoms with van der Waals surface area (Å²) in [5, 5.41) is 18.7. The van der Waals surface area contributed by atoms with Crippen LogP contribution in [0.2, 0.25) is 0 Å². The number of esters is 2. The number of anilines is 1. The standard InChI is InChI=1S/C28H40N6O7/c1-16(2)23(29)27(38)40-24-20(13-39-22(36)12-18-8-6-5-7-9-18)41-28(14-30-4,25(24)37)21-11-10-19-26(33-17(3)35)31-15-32-34(19)21/h10-11,15-16,18,20,23-25,37H,4-9,12-14,29H2,1-3H3,(H,31,32,33,35)/t20-,23+,24-,25-,28+/m1/s1. The van der Waals surface area contributed by atoms with Crippen molar-refractivity contribution in [3.63, 3.8) is 0 Å². The van der Waals surface area contributed by atoms with E-state index in [1.165, 1.54) is 24.2 Å². The van der Waals surface area contributed by atoms with Crippen molar-refractivity contribution < 1.29 is 33.7 Å². The second kappa shape index (κ2) is 13.0. The minimum absolute atomic E-state index is 0.142. The van der Waals surface area contributed by atoms with Crippen LogP contribution in [0.5, 0.6) is 0 Å². The van der Waals surface area contributed by atoms with Gasteiger partial charge in [0, 0.05) is 13.3 Å². The van der Waals surface area contributed by atoms with Crippen molar-refractivity contribution in [1.82, 2.24) is 14.6 Å². The Morgan fingerprint density at radius 3 is 2.68 bits per heavy atom. The molecule has 0 aromatic carbocycles. The van der Waals surface area contributed by atoms with Crippen molar-refractivity contribution in [3.05, 3.63) is 24.2 Å².